The van der Waals surface area contributed by atoms with Crippen LogP contribution in [0.2, 0.25) is 5.02 Å². The number of hydrogen-bond acceptors (Lipinski definition) is 3. The Morgan fingerprint density at radius 3 is 2.50 bits per heavy atom. The van der Waals surface area contributed by atoms with Crippen molar-refractivity contribution in [3.8, 4) is 11.3 Å². The van der Waals surface area contributed by atoms with Gasteiger partial charge in [-0.2, -0.15) is 0 Å². The predicted molar refractivity (Wildman–Crippen MR) is 104 cm³/mol. The van der Waals surface area contributed by atoms with Gasteiger partial charge >= 0.3 is 0 Å². The topological polar surface area (TPSA) is 54.9 Å². The molecule has 0 unspecified atom stereocenters. The number of pyridine rings is 2. The van der Waals surface area contributed by atoms with Crippen LogP contribution < -0.4 is 5.32 Å². The molecule has 4 rings (SSSR count). The molecule has 0 saturated carbocycles. The van der Waals surface area contributed by atoms with Gasteiger partial charge in [0.25, 0.3) is 5.91 Å². The van der Waals surface area contributed by atoms with E-state index in [1.54, 1.807) is 36.7 Å². The molecule has 2 aromatic carbocycles. The first-order valence-electron chi connectivity index (χ1n) is 8.08. The number of benzene rings is 2. The van der Waals surface area contributed by atoms with E-state index in [-0.39, 0.29) is 5.91 Å². The zero-order chi connectivity index (χ0) is 17.9. The van der Waals surface area contributed by atoms with E-state index in [1.807, 2.05) is 42.5 Å². The minimum Gasteiger partial charge on any atom is -0.321 e. The average molecular weight is 360 g/mol. The molecule has 0 aliphatic carbocycles. The van der Waals surface area contributed by atoms with Gasteiger partial charge in [-0.25, -0.2) is 0 Å². The monoisotopic (exact) mass is 359 g/mol. The minimum absolute atomic E-state index is 0.265. The maximum atomic E-state index is 12.4. The Morgan fingerprint density at radius 1 is 0.885 bits per heavy atom. The van der Waals surface area contributed by atoms with Crippen molar-refractivity contribution in [1.82, 2.24) is 9.97 Å². The summed E-state index contributed by atoms with van der Waals surface area (Å²) >= 11 is 6.15. The number of hydrogen-bond donors (Lipinski definition) is 1. The van der Waals surface area contributed by atoms with Crippen LogP contribution in [0.3, 0.4) is 0 Å². The SMILES string of the molecule is O=C(Nc1ccc2ccccc2c1)c1ccc(-c2ncccc2Cl)cn1. The number of rotatable bonds is 3. The summed E-state index contributed by atoms with van der Waals surface area (Å²) in [5, 5.41) is 5.62. The largest absolute Gasteiger partial charge is 0.321 e. The highest BCUT2D eigenvalue weighted by Crippen LogP contribution is 2.24. The molecule has 0 aliphatic rings. The molecule has 26 heavy (non-hydrogen) atoms. The predicted octanol–water partition coefficient (Wildman–Crippen LogP) is 5.20. The first-order chi connectivity index (χ1) is 12.7. The van der Waals surface area contributed by atoms with Gasteiger partial charge < -0.3 is 5.32 Å². The molecule has 1 N–H and O–H groups in total. The summed E-state index contributed by atoms with van der Waals surface area (Å²) in [6.45, 7) is 0. The number of nitrogens with one attached hydrogen (secondary N) is 1. The number of anilines is 1. The van der Waals surface area contributed by atoms with Crippen LogP contribution in [0.5, 0.6) is 0 Å². The number of nitrogens with zero attached hydrogens (tertiary/aromatic N) is 2. The zero-order valence-corrected chi connectivity index (χ0v) is 14.4. The summed E-state index contributed by atoms with van der Waals surface area (Å²) in [5.74, 6) is -0.265. The van der Waals surface area contributed by atoms with Crippen molar-refractivity contribution < 1.29 is 4.79 Å². The molecule has 0 fully saturated rings. The van der Waals surface area contributed by atoms with Gasteiger partial charge in [-0.05, 0) is 47.2 Å². The second-order valence-electron chi connectivity index (χ2n) is 5.78. The van der Waals surface area contributed by atoms with E-state index in [4.69, 9.17) is 11.6 Å². The summed E-state index contributed by atoms with van der Waals surface area (Å²) in [6.07, 6.45) is 3.27. The second kappa shape index (κ2) is 6.94. The maximum Gasteiger partial charge on any atom is 0.274 e. The van der Waals surface area contributed by atoms with Crippen LogP contribution in [0.15, 0.2) is 79.1 Å². The number of fused-ring (bicyclic) bond motifs is 1. The van der Waals surface area contributed by atoms with Crippen molar-refractivity contribution in [2.75, 3.05) is 5.32 Å². The van der Waals surface area contributed by atoms with E-state index in [0.29, 0.717) is 16.4 Å². The van der Waals surface area contributed by atoms with Gasteiger partial charge in [0.15, 0.2) is 0 Å². The number of amides is 1. The van der Waals surface area contributed by atoms with Crippen molar-refractivity contribution >= 4 is 34.0 Å². The molecule has 1 amide bonds. The summed E-state index contributed by atoms with van der Waals surface area (Å²) < 4.78 is 0. The Bertz CT molecular complexity index is 1090. The van der Waals surface area contributed by atoms with Gasteiger partial charge in [0, 0.05) is 23.6 Å². The van der Waals surface area contributed by atoms with Crippen LogP contribution >= 0.6 is 11.6 Å². The summed E-state index contributed by atoms with van der Waals surface area (Å²) in [6, 6.07) is 20.8. The van der Waals surface area contributed by atoms with Gasteiger partial charge in [-0.15, -0.1) is 0 Å². The van der Waals surface area contributed by atoms with Crippen LogP contribution in [-0.2, 0) is 0 Å². The Balaban J connectivity index is 1.55. The van der Waals surface area contributed by atoms with E-state index in [1.165, 1.54) is 0 Å². The molecule has 0 spiro atoms. The Morgan fingerprint density at radius 2 is 1.73 bits per heavy atom. The third kappa shape index (κ3) is 3.27. The summed E-state index contributed by atoms with van der Waals surface area (Å²) in [7, 11) is 0. The highest BCUT2D eigenvalue weighted by atomic mass is 35.5. The van der Waals surface area contributed by atoms with Crippen LogP contribution in [-0.4, -0.2) is 15.9 Å². The quantitative estimate of drug-likeness (QED) is 0.546. The third-order valence-corrected chi connectivity index (χ3v) is 4.34. The van der Waals surface area contributed by atoms with Crippen molar-refractivity contribution in [3.63, 3.8) is 0 Å². The van der Waals surface area contributed by atoms with Gasteiger partial charge in [0.2, 0.25) is 0 Å². The number of aromatic nitrogens is 2. The van der Waals surface area contributed by atoms with E-state index < -0.39 is 0 Å². The highest BCUT2D eigenvalue weighted by Gasteiger charge is 2.10. The van der Waals surface area contributed by atoms with Gasteiger partial charge in [0.05, 0.1) is 10.7 Å². The molecule has 5 heteroatoms. The normalized spacial score (nSPS) is 10.7. The third-order valence-electron chi connectivity index (χ3n) is 4.04. The number of halogens is 1. The Kier molecular flexibility index (Phi) is 4.33. The second-order valence-corrected chi connectivity index (χ2v) is 6.19. The van der Waals surface area contributed by atoms with E-state index in [2.05, 4.69) is 15.3 Å². The lowest BCUT2D eigenvalue weighted by Crippen LogP contribution is -2.13. The molecule has 0 radical (unpaired) electrons. The van der Waals surface area contributed by atoms with Gasteiger partial charge in [-0.1, -0.05) is 41.9 Å². The average Bonchev–Trinajstić information content (AvgIpc) is 2.68. The van der Waals surface area contributed by atoms with E-state index in [0.717, 1.165) is 22.0 Å². The molecular weight excluding hydrogens is 346 g/mol. The molecule has 0 saturated heterocycles. The fourth-order valence-electron chi connectivity index (χ4n) is 2.73. The first kappa shape index (κ1) is 16.2. The fourth-order valence-corrected chi connectivity index (χ4v) is 2.96. The van der Waals surface area contributed by atoms with Crippen LogP contribution in [0.1, 0.15) is 10.5 Å². The molecule has 126 valence electrons. The van der Waals surface area contributed by atoms with Crippen molar-refractivity contribution in [2.45, 2.75) is 0 Å². The van der Waals surface area contributed by atoms with E-state index in [9.17, 15) is 4.79 Å². The van der Waals surface area contributed by atoms with Crippen molar-refractivity contribution in [2.24, 2.45) is 0 Å². The number of carbonyl (C=O) groups is 1. The molecule has 2 aromatic heterocycles. The van der Waals surface area contributed by atoms with Crippen LogP contribution in [0.25, 0.3) is 22.0 Å². The molecule has 0 aliphatic heterocycles. The van der Waals surface area contributed by atoms with Gasteiger partial charge in [-0.3, -0.25) is 14.8 Å². The Hall–Kier alpha value is -3.24. The number of carbonyl (C=O) groups excluding carboxylic acids is 1. The lowest BCUT2D eigenvalue weighted by molar-refractivity contribution is 0.102. The summed E-state index contributed by atoms with van der Waals surface area (Å²) in [5.41, 5.74) is 2.46. The lowest BCUT2D eigenvalue weighted by atomic mass is 10.1. The first-order valence-corrected chi connectivity index (χ1v) is 8.45. The van der Waals surface area contributed by atoms with Crippen LogP contribution in [0.4, 0.5) is 5.69 Å². The molecule has 2 heterocycles. The lowest BCUT2D eigenvalue weighted by Gasteiger charge is -2.07. The highest BCUT2D eigenvalue weighted by molar-refractivity contribution is 6.33. The standard InChI is InChI=1S/C21H14ClN3O/c22-18-6-3-11-23-20(18)16-8-10-19(24-13-16)21(26)25-17-9-7-14-4-1-2-5-15(14)12-17/h1-13H,(H,25,26). The maximum absolute atomic E-state index is 12.4. The minimum atomic E-state index is -0.265. The fraction of sp³-hybridized carbons (Fsp3) is 0. The molecular formula is C21H14ClN3O. The molecule has 4 nitrogen and oxygen atoms in total. The van der Waals surface area contributed by atoms with Gasteiger partial charge in [0.1, 0.15) is 5.69 Å². The molecule has 0 bridgehead atoms. The van der Waals surface area contributed by atoms with Crippen molar-refractivity contribution in [1.29, 1.82) is 0 Å². The Labute approximate surface area is 155 Å². The smallest absolute Gasteiger partial charge is 0.274 e. The summed E-state index contributed by atoms with van der Waals surface area (Å²) in [4.78, 5) is 20.9. The van der Waals surface area contributed by atoms with Crippen molar-refractivity contribution in [3.05, 3.63) is 89.8 Å². The zero-order valence-electron chi connectivity index (χ0n) is 13.7. The van der Waals surface area contributed by atoms with Crippen LogP contribution in [0, 0.1) is 0 Å². The molecule has 0 atom stereocenters. The molecule has 4 aromatic rings. The van der Waals surface area contributed by atoms with E-state index >= 15 is 0 Å².